The molecule has 0 saturated carbocycles. The van der Waals surface area contributed by atoms with Gasteiger partial charge in [0.15, 0.2) is 0 Å². The standard InChI is InChI=1S/C8H18N2/c1-3-10-5-7(2)4-8(9)6-10/h7-8H,3-6,9H2,1-2H3. The third-order valence-corrected chi connectivity index (χ3v) is 2.21. The van der Waals surface area contributed by atoms with Crippen LogP contribution in [0.3, 0.4) is 0 Å². The van der Waals surface area contributed by atoms with Crippen molar-refractivity contribution in [2.24, 2.45) is 11.7 Å². The van der Waals surface area contributed by atoms with Gasteiger partial charge in [0.1, 0.15) is 0 Å². The Bertz CT molecular complexity index is 93.4. The second-order valence-electron chi connectivity index (χ2n) is 3.45. The van der Waals surface area contributed by atoms with E-state index in [1.54, 1.807) is 0 Å². The van der Waals surface area contributed by atoms with E-state index in [0.717, 1.165) is 19.0 Å². The topological polar surface area (TPSA) is 29.3 Å². The average molecular weight is 142 g/mol. The first kappa shape index (κ1) is 8.02. The van der Waals surface area contributed by atoms with Crippen molar-refractivity contribution in [3.63, 3.8) is 0 Å². The quantitative estimate of drug-likeness (QED) is 0.583. The zero-order valence-corrected chi connectivity index (χ0v) is 7.01. The number of hydrogen-bond donors (Lipinski definition) is 1. The minimum absolute atomic E-state index is 0.420. The molecule has 2 nitrogen and oxygen atoms in total. The predicted octanol–water partition coefficient (Wildman–Crippen LogP) is 0.675. The fraction of sp³-hybridized carbons (Fsp3) is 1.00. The van der Waals surface area contributed by atoms with E-state index < -0.39 is 0 Å². The van der Waals surface area contributed by atoms with Crippen LogP contribution in [0.1, 0.15) is 20.3 Å². The molecule has 2 N–H and O–H groups in total. The second kappa shape index (κ2) is 3.35. The molecule has 0 aromatic rings. The Kier molecular flexibility index (Phi) is 2.69. The lowest BCUT2D eigenvalue weighted by atomic mass is 9.97. The largest absolute Gasteiger partial charge is 0.327 e. The summed E-state index contributed by atoms with van der Waals surface area (Å²) >= 11 is 0. The van der Waals surface area contributed by atoms with Gasteiger partial charge in [-0.15, -0.1) is 0 Å². The van der Waals surface area contributed by atoms with Crippen molar-refractivity contribution in [2.45, 2.75) is 26.3 Å². The molecule has 0 aromatic carbocycles. The zero-order valence-electron chi connectivity index (χ0n) is 7.01. The number of nitrogens with two attached hydrogens (primary N) is 1. The normalized spacial score (nSPS) is 36.3. The fourth-order valence-electron chi connectivity index (χ4n) is 1.77. The summed E-state index contributed by atoms with van der Waals surface area (Å²) in [6, 6.07) is 0.420. The molecule has 10 heavy (non-hydrogen) atoms. The summed E-state index contributed by atoms with van der Waals surface area (Å²) in [6.45, 7) is 7.97. The van der Waals surface area contributed by atoms with Gasteiger partial charge in [0, 0.05) is 19.1 Å². The van der Waals surface area contributed by atoms with E-state index in [1.807, 2.05) is 0 Å². The Morgan fingerprint density at radius 1 is 1.50 bits per heavy atom. The predicted molar refractivity (Wildman–Crippen MR) is 43.9 cm³/mol. The number of likely N-dealkylation sites (N-methyl/N-ethyl adjacent to an activating group) is 1. The van der Waals surface area contributed by atoms with Gasteiger partial charge in [-0.05, 0) is 18.9 Å². The highest BCUT2D eigenvalue weighted by atomic mass is 15.1. The van der Waals surface area contributed by atoms with Crippen molar-refractivity contribution in [3.8, 4) is 0 Å². The molecule has 2 heteroatoms. The van der Waals surface area contributed by atoms with Crippen LogP contribution in [-0.4, -0.2) is 30.6 Å². The molecule has 1 saturated heterocycles. The van der Waals surface area contributed by atoms with Crippen LogP contribution in [0.15, 0.2) is 0 Å². The van der Waals surface area contributed by atoms with Crippen molar-refractivity contribution in [3.05, 3.63) is 0 Å². The van der Waals surface area contributed by atoms with Gasteiger partial charge in [-0.3, -0.25) is 0 Å². The molecule has 0 amide bonds. The van der Waals surface area contributed by atoms with Crippen molar-refractivity contribution in [1.29, 1.82) is 0 Å². The minimum atomic E-state index is 0.420. The summed E-state index contributed by atoms with van der Waals surface area (Å²) in [7, 11) is 0. The SMILES string of the molecule is CCN1CC(C)CC(N)C1. The van der Waals surface area contributed by atoms with E-state index in [9.17, 15) is 0 Å². The molecule has 2 atom stereocenters. The zero-order chi connectivity index (χ0) is 7.56. The average Bonchev–Trinajstić information content (AvgIpc) is 1.85. The van der Waals surface area contributed by atoms with Gasteiger partial charge in [0.25, 0.3) is 0 Å². The molecule has 1 fully saturated rings. The molecular formula is C8H18N2. The van der Waals surface area contributed by atoms with E-state index >= 15 is 0 Å². The van der Waals surface area contributed by atoms with Gasteiger partial charge in [0.05, 0.1) is 0 Å². The van der Waals surface area contributed by atoms with Crippen LogP contribution in [-0.2, 0) is 0 Å². The van der Waals surface area contributed by atoms with Crippen LogP contribution < -0.4 is 5.73 Å². The molecule has 0 bridgehead atoms. The van der Waals surface area contributed by atoms with E-state index in [0.29, 0.717) is 6.04 Å². The van der Waals surface area contributed by atoms with Crippen LogP contribution in [0.4, 0.5) is 0 Å². The summed E-state index contributed by atoms with van der Waals surface area (Å²) in [4.78, 5) is 2.43. The number of rotatable bonds is 1. The summed E-state index contributed by atoms with van der Waals surface area (Å²) in [5, 5.41) is 0. The molecule has 60 valence electrons. The number of nitrogens with zero attached hydrogens (tertiary/aromatic N) is 1. The first-order valence-corrected chi connectivity index (χ1v) is 4.20. The van der Waals surface area contributed by atoms with Gasteiger partial charge >= 0.3 is 0 Å². The van der Waals surface area contributed by atoms with Crippen molar-refractivity contribution >= 4 is 0 Å². The monoisotopic (exact) mass is 142 g/mol. The highest BCUT2D eigenvalue weighted by Gasteiger charge is 2.20. The number of piperidine rings is 1. The van der Waals surface area contributed by atoms with Crippen LogP contribution in [0.25, 0.3) is 0 Å². The second-order valence-corrected chi connectivity index (χ2v) is 3.45. The van der Waals surface area contributed by atoms with Crippen LogP contribution in [0, 0.1) is 5.92 Å². The summed E-state index contributed by atoms with van der Waals surface area (Å²) in [5.74, 6) is 0.795. The van der Waals surface area contributed by atoms with Gasteiger partial charge in [-0.25, -0.2) is 0 Å². The summed E-state index contributed by atoms with van der Waals surface area (Å²) in [5.41, 5.74) is 5.85. The molecular weight excluding hydrogens is 124 g/mol. The minimum Gasteiger partial charge on any atom is -0.327 e. The molecule has 1 heterocycles. The molecule has 0 spiro atoms. The van der Waals surface area contributed by atoms with Gasteiger partial charge in [-0.1, -0.05) is 13.8 Å². The maximum absolute atomic E-state index is 5.85. The molecule has 0 radical (unpaired) electrons. The third-order valence-electron chi connectivity index (χ3n) is 2.21. The van der Waals surface area contributed by atoms with Crippen molar-refractivity contribution in [2.75, 3.05) is 19.6 Å². The van der Waals surface area contributed by atoms with E-state index in [2.05, 4.69) is 18.7 Å². The first-order chi connectivity index (χ1) is 4.72. The van der Waals surface area contributed by atoms with E-state index in [-0.39, 0.29) is 0 Å². The maximum Gasteiger partial charge on any atom is 0.0170 e. The van der Waals surface area contributed by atoms with Crippen molar-refractivity contribution in [1.82, 2.24) is 4.90 Å². The number of likely N-dealkylation sites (tertiary alicyclic amines) is 1. The highest BCUT2D eigenvalue weighted by Crippen LogP contribution is 2.13. The molecule has 2 unspecified atom stereocenters. The third kappa shape index (κ3) is 1.96. The maximum atomic E-state index is 5.85. The molecule has 1 aliphatic heterocycles. The van der Waals surface area contributed by atoms with E-state index in [4.69, 9.17) is 5.73 Å². The lowest BCUT2D eigenvalue weighted by molar-refractivity contribution is 0.173. The Labute approximate surface area is 63.4 Å². The lowest BCUT2D eigenvalue weighted by Gasteiger charge is -2.33. The lowest BCUT2D eigenvalue weighted by Crippen LogP contribution is -2.45. The smallest absolute Gasteiger partial charge is 0.0170 e. The molecule has 1 aliphatic rings. The summed E-state index contributed by atoms with van der Waals surface area (Å²) < 4.78 is 0. The van der Waals surface area contributed by atoms with Crippen molar-refractivity contribution < 1.29 is 0 Å². The number of hydrogen-bond acceptors (Lipinski definition) is 2. The van der Waals surface area contributed by atoms with Gasteiger partial charge in [0.2, 0.25) is 0 Å². The first-order valence-electron chi connectivity index (χ1n) is 4.20. The highest BCUT2D eigenvalue weighted by molar-refractivity contribution is 4.78. The Morgan fingerprint density at radius 3 is 2.70 bits per heavy atom. The van der Waals surface area contributed by atoms with Crippen LogP contribution in [0.2, 0.25) is 0 Å². The summed E-state index contributed by atoms with van der Waals surface area (Å²) in [6.07, 6.45) is 1.20. The molecule has 0 aliphatic carbocycles. The van der Waals surface area contributed by atoms with Crippen LogP contribution in [0.5, 0.6) is 0 Å². The van der Waals surface area contributed by atoms with Gasteiger partial charge < -0.3 is 10.6 Å². The Hall–Kier alpha value is -0.0800. The molecule has 0 aromatic heterocycles. The van der Waals surface area contributed by atoms with E-state index in [1.165, 1.54) is 13.0 Å². The van der Waals surface area contributed by atoms with Gasteiger partial charge in [-0.2, -0.15) is 0 Å². The molecule has 1 rings (SSSR count). The van der Waals surface area contributed by atoms with Crippen LogP contribution >= 0.6 is 0 Å². The fourth-order valence-corrected chi connectivity index (χ4v) is 1.77. The Balaban J connectivity index is 2.35. The Morgan fingerprint density at radius 2 is 2.20 bits per heavy atom.